The van der Waals surface area contributed by atoms with Crippen LogP contribution in [0.5, 0.6) is 0 Å². The van der Waals surface area contributed by atoms with Crippen molar-refractivity contribution in [3.05, 3.63) is 0 Å². The third-order valence-electron chi connectivity index (χ3n) is 1.15. The minimum Gasteiger partial charge on any atom is -0.469 e. The van der Waals surface area contributed by atoms with Gasteiger partial charge in [-0.25, -0.2) is 0 Å². The van der Waals surface area contributed by atoms with Gasteiger partial charge in [0.2, 0.25) is 0 Å². The second-order valence-corrected chi connectivity index (χ2v) is 2.12. The van der Waals surface area contributed by atoms with Gasteiger partial charge in [0.25, 0.3) is 0 Å². The first kappa shape index (κ1) is 12.4. The van der Waals surface area contributed by atoms with Crippen molar-refractivity contribution in [3.8, 4) is 0 Å². The van der Waals surface area contributed by atoms with Crippen LogP contribution in [0.3, 0.4) is 0 Å². The van der Waals surface area contributed by atoms with E-state index < -0.39 is 0 Å². The van der Waals surface area contributed by atoms with Gasteiger partial charge in [0.15, 0.2) is 0 Å². The van der Waals surface area contributed by atoms with E-state index in [9.17, 15) is 4.79 Å². The van der Waals surface area contributed by atoms with Gasteiger partial charge in [-0.3, -0.25) is 4.79 Å². The van der Waals surface area contributed by atoms with Gasteiger partial charge in [-0.2, -0.15) is 0 Å². The van der Waals surface area contributed by atoms with Crippen LogP contribution >= 0.6 is 12.4 Å². The van der Waals surface area contributed by atoms with Crippen molar-refractivity contribution >= 4 is 18.4 Å². The number of carbonyl (C=O) groups excluding carboxylic acids is 1. The van der Waals surface area contributed by atoms with Crippen LogP contribution in [-0.2, 0) is 9.53 Å². The van der Waals surface area contributed by atoms with Gasteiger partial charge in [-0.05, 0) is 12.5 Å². The molecule has 4 heteroatoms. The molecule has 0 fully saturated rings. The Morgan fingerprint density at radius 1 is 1.70 bits per heavy atom. The quantitative estimate of drug-likeness (QED) is 0.626. The lowest BCUT2D eigenvalue weighted by Gasteiger charge is -2.04. The van der Waals surface area contributed by atoms with Crippen molar-refractivity contribution in [2.45, 2.75) is 13.3 Å². The van der Waals surface area contributed by atoms with Crippen LogP contribution in [0.2, 0.25) is 0 Å². The van der Waals surface area contributed by atoms with Gasteiger partial charge in [0.1, 0.15) is 0 Å². The molecule has 2 N–H and O–H groups in total. The van der Waals surface area contributed by atoms with Crippen LogP contribution in [0, 0.1) is 5.92 Å². The van der Waals surface area contributed by atoms with E-state index in [0.717, 1.165) is 0 Å². The molecule has 0 saturated heterocycles. The predicted octanol–water partition coefficient (Wildman–Crippen LogP) is 0.566. The first-order chi connectivity index (χ1) is 4.20. The van der Waals surface area contributed by atoms with Gasteiger partial charge >= 0.3 is 5.97 Å². The Hall–Kier alpha value is -0.280. The number of halogens is 1. The van der Waals surface area contributed by atoms with Crippen LogP contribution in [0.4, 0.5) is 0 Å². The van der Waals surface area contributed by atoms with Gasteiger partial charge < -0.3 is 10.5 Å². The first-order valence-electron chi connectivity index (χ1n) is 2.97. The SMILES string of the molecule is COC(=O)C[C@@H](C)CN.Cl. The third-order valence-corrected chi connectivity index (χ3v) is 1.15. The summed E-state index contributed by atoms with van der Waals surface area (Å²) < 4.78 is 4.43. The van der Waals surface area contributed by atoms with E-state index >= 15 is 0 Å². The van der Waals surface area contributed by atoms with E-state index in [4.69, 9.17) is 5.73 Å². The molecule has 0 aliphatic carbocycles. The van der Waals surface area contributed by atoms with Crippen molar-refractivity contribution < 1.29 is 9.53 Å². The summed E-state index contributed by atoms with van der Waals surface area (Å²) in [6.45, 7) is 2.45. The molecule has 0 saturated carbocycles. The maximum absolute atomic E-state index is 10.5. The molecule has 0 spiro atoms. The molecule has 0 aromatic carbocycles. The van der Waals surface area contributed by atoms with E-state index in [-0.39, 0.29) is 24.3 Å². The average Bonchev–Trinajstić information content (AvgIpc) is 1.87. The Kier molecular flexibility index (Phi) is 8.48. The Bertz CT molecular complexity index is 97.7. The predicted molar refractivity (Wildman–Crippen MR) is 42.1 cm³/mol. The molecule has 3 nitrogen and oxygen atoms in total. The summed E-state index contributed by atoms with van der Waals surface area (Å²) in [5, 5.41) is 0. The Morgan fingerprint density at radius 2 is 2.20 bits per heavy atom. The summed E-state index contributed by atoms with van der Waals surface area (Å²) in [4.78, 5) is 10.5. The fourth-order valence-electron chi connectivity index (χ4n) is 0.451. The molecule has 0 aliphatic heterocycles. The van der Waals surface area contributed by atoms with Crippen molar-refractivity contribution in [2.75, 3.05) is 13.7 Å². The average molecular weight is 168 g/mol. The Labute approximate surface area is 67.3 Å². The Morgan fingerprint density at radius 3 is 2.50 bits per heavy atom. The summed E-state index contributed by atoms with van der Waals surface area (Å²) in [5.74, 6) is 0.0467. The summed E-state index contributed by atoms with van der Waals surface area (Å²) >= 11 is 0. The first-order valence-corrected chi connectivity index (χ1v) is 2.97. The number of hydrogen-bond acceptors (Lipinski definition) is 3. The standard InChI is InChI=1S/C6H13NO2.ClH/c1-5(4-7)3-6(8)9-2;/h5H,3-4,7H2,1-2H3;1H/t5-;/m1./s1. The third kappa shape index (κ3) is 5.85. The van der Waals surface area contributed by atoms with E-state index in [1.807, 2.05) is 6.92 Å². The minimum absolute atomic E-state index is 0. The zero-order chi connectivity index (χ0) is 7.28. The number of methoxy groups -OCH3 is 1. The fourth-order valence-corrected chi connectivity index (χ4v) is 0.451. The van der Waals surface area contributed by atoms with Crippen molar-refractivity contribution in [1.82, 2.24) is 0 Å². The second-order valence-electron chi connectivity index (χ2n) is 2.12. The molecule has 62 valence electrons. The molecule has 0 aliphatic rings. The van der Waals surface area contributed by atoms with Crippen LogP contribution in [0.15, 0.2) is 0 Å². The van der Waals surface area contributed by atoms with E-state index in [2.05, 4.69) is 4.74 Å². The van der Waals surface area contributed by atoms with Gasteiger partial charge in [-0.15, -0.1) is 12.4 Å². The van der Waals surface area contributed by atoms with Crippen LogP contribution in [0.1, 0.15) is 13.3 Å². The molecule has 0 bridgehead atoms. The minimum atomic E-state index is -0.187. The number of carbonyl (C=O) groups is 1. The molecular weight excluding hydrogens is 154 g/mol. The lowest BCUT2D eigenvalue weighted by atomic mass is 10.1. The van der Waals surface area contributed by atoms with Gasteiger partial charge in [-0.1, -0.05) is 6.92 Å². The highest BCUT2D eigenvalue weighted by molar-refractivity contribution is 5.85. The maximum Gasteiger partial charge on any atom is 0.305 e. The highest BCUT2D eigenvalue weighted by Gasteiger charge is 2.05. The van der Waals surface area contributed by atoms with Crippen molar-refractivity contribution in [2.24, 2.45) is 11.7 Å². The monoisotopic (exact) mass is 167 g/mol. The van der Waals surface area contributed by atoms with Crippen molar-refractivity contribution in [3.63, 3.8) is 0 Å². The molecule has 0 heterocycles. The summed E-state index contributed by atoms with van der Waals surface area (Å²) in [6.07, 6.45) is 0.424. The topological polar surface area (TPSA) is 52.3 Å². The zero-order valence-electron chi connectivity index (χ0n) is 6.29. The number of hydrogen-bond donors (Lipinski definition) is 1. The van der Waals surface area contributed by atoms with E-state index in [1.165, 1.54) is 7.11 Å². The molecule has 1 atom stereocenters. The molecule has 0 aromatic heterocycles. The van der Waals surface area contributed by atoms with Gasteiger partial charge in [0.05, 0.1) is 7.11 Å². The van der Waals surface area contributed by atoms with Crippen molar-refractivity contribution in [1.29, 1.82) is 0 Å². The molecular formula is C6H14ClNO2. The van der Waals surface area contributed by atoms with E-state index in [1.54, 1.807) is 0 Å². The summed E-state index contributed by atoms with van der Waals surface area (Å²) in [7, 11) is 1.38. The lowest BCUT2D eigenvalue weighted by molar-refractivity contribution is -0.141. The highest BCUT2D eigenvalue weighted by atomic mass is 35.5. The fraction of sp³-hybridized carbons (Fsp3) is 0.833. The smallest absolute Gasteiger partial charge is 0.305 e. The van der Waals surface area contributed by atoms with Gasteiger partial charge in [0, 0.05) is 6.42 Å². The summed E-state index contributed by atoms with van der Waals surface area (Å²) in [5.41, 5.74) is 5.27. The number of esters is 1. The molecule has 0 amide bonds. The maximum atomic E-state index is 10.5. The van der Waals surface area contributed by atoms with Crippen LogP contribution < -0.4 is 5.73 Å². The Balaban J connectivity index is 0. The summed E-state index contributed by atoms with van der Waals surface area (Å²) in [6, 6.07) is 0. The molecule has 0 radical (unpaired) electrons. The highest BCUT2D eigenvalue weighted by Crippen LogP contribution is 1.98. The second kappa shape index (κ2) is 6.83. The number of nitrogens with two attached hydrogens (primary N) is 1. The van der Waals surface area contributed by atoms with Crippen LogP contribution in [0.25, 0.3) is 0 Å². The molecule has 10 heavy (non-hydrogen) atoms. The zero-order valence-corrected chi connectivity index (χ0v) is 7.11. The molecule has 0 rings (SSSR count). The normalized spacial score (nSPS) is 11.5. The lowest BCUT2D eigenvalue weighted by Crippen LogP contribution is -2.15. The molecule has 0 aromatic rings. The van der Waals surface area contributed by atoms with Crippen LogP contribution in [-0.4, -0.2) is 19.6 Å². The molecule has 0 unspecified atom stereocenters. The largest absolute Gasteiger partial charge is 0.469 e. The number of rotatable bonds is 3. The number of ether oxygens (including phenoxy) is 1. The van der Waals surface area contributed by atoms with E-state index in [0.29, 0.717) is 13.0 Å².